The van der Waals surface area contributed by atoms with Crippen molar-refractivity contribution >= 4 is 68.7 Å². The number of hydrogen-bond acceptors (Lipinski definition) is 2. The van der Waals surface area contributed by atoms with E-state index < -0.39 is 19.9 Å². The van der Waals surface area contributed by atoms with E-state index >= 15 is 0 Å². The van der Waals surface area contributed by atoms with Crippen LogP contribution in [-0.4, -0.2) is 70.7 Å². The number of nitrogens with zero attached hydrogens (tertiary/aromatic N) is 2. The first-order chi connectivity index (χ1) is 6.35. The van der Waals surface area contributed by atoms with Crippen LogP contribution >= 0.6 is 0 Å². The summed E-state index contributed by atoms with van der Waals surface area (Å²) in [7, 11) is 0. The Kier molecular flexibility index (Phi) is 5.92. The Morgan fingerprint density at radius 1 is 1.62 bits per heavy atom. The number of fused-ring (bicyclic) bond motifs is 1. The monoisotopic (exact) mass is 582 g/mol. The van der Waals surface area contributed by atoms with Crippen molar-refractivity contribution in [1.29, 1.82) is 0 Å². The average Bonchev–Trinajstić information content (AvgIpc) is 2.59. The van der Waals surface area contributed by atoms with E-state index in [-0.39, 0.29) is 0 Å². The molecule has 2 aromatic rings. The third kappa shape index (κ3) is 3.05. The second-order valence-corrected chi connectivity index (χ2v) is 25.5. The van der Waals surface area contributed by atoms with Crippen molar-refractivity contribution in [2.45, 2.75) is -0.511 Å². The molecule has 6 heteroatoms. The van der Waals surface area contributed by atoms with Crippen molar-refractivity contribution in [3.05, 3.63) is 17.8 Å². The van der Waals surface area contributed by atoms with Crippen LogP contribution in [0.2, 0.25) is 0 Å². The minimum absolute atomic E-state index is 0.521. The molecule has 0 spiro atoms. The molecule has 0 radical (unpaired) electrons. The van der Waals surface area contributed by atoms with Crippen molar-refractivity contribution < 1.29 is 52.6 Å². The van der Waals surface area contributed by atoms with Gasteiger partial charge in [-0.1, -0.05) is 0 Å². The summed E-state index contributed by atoms with van der Waals surface area (Å²) in [5.41, 5.74) is 2.43. The molecule has 0 aliphatic rings. The van der Waals surface area contributed by atoms with Crippen LogP contribution in [0, 0.1) is 52.6 Å². The van der Waals surface area contributed by atoms with Gasteiger partial charge in [0, 0.05) is 0 Å². The number of hydrogen-bond donors (Lipinski definition) is 1. The number of aromatic amines is 1. The first kappa shape index (κ1) is 12.5. The molecule has 2 rings (SSSR count). The zero-order valence-electron chi connectivity index (χ0n) is 7.83. The summed E-state index contributed by atoms with van der Waals surface area (Å²) in [6.45, 7) is 0. The maximum atomic E-state index is 4.39. The molecular weight excluding hydrogens is 576 g/mol. The number of nitrogens with one attached hydrogen (secondary N) is 1. The van der Waals surface area contributed by atoms with E-state index in [0.29, 0.717) is 0 Å². The second kappa shape index (κ2) is 6.14. The molecular formula is C7H6LaN3RaRb. The number of aromatic nitrogens is 3. The Hall–Kier alpha value is 3.09. The van der Waals surface area contributed by atoms with Crippen LogP contribution in [0.25, 0.3) is 11.0 Å². The molecule has 0 unspecified atom stereocenters. The topological polar surface area (TPSA) is 41.6 Å². The van der Waals surface area contributed by atoms with Gasteiger partial charge in [0.1, 0.15) is 0 Å². The normalized spacial score (nSPS) is 10.2. The Morgan fingerprint density at radius 2 is 2.46 bits per heavy atom. The van der Waals surface area contributed by atoms with Gasteiger partial charge in [-0.05, 0) is 0 Å². The molecule has 3 nitrogen and oxygen atoms in total. The molecule has 0 saturated carbocycles. The van der Waals surface area contributed by atoms with Crippen LogP contribution in [0.15, 0.2) is 12.3 Å². The van der Waals surface area contributed by atoms with Gasteiger partial charge in [-0.15, -0.1) is 0 Å². The van der Waals surface area contributed by atoms with Crippen molar-refractivity contribution in [2.24, 2.45) is 0 Å². The van der Waals surface area contributed by atoms with Crippen LogP contribution in [0.4, 0.5) is 0 Å². The Labute approximate surface area is 148 Å². The molecule has 13 heavy (non-hydrogen) atoms. The fourth-order valence-electron chi connectivity index (χ4n) is 1.38. The Morgan fingerprint density at radius 3 is 3.15 bits per heavy atom. The average molecular weight is 583 g/mol. The van der Waals surface area contributed by atoms with E-state index in [2.05, 4.69) is 21.2 Å². The summed E-state index contributed by atoms with van der Waals surface area (Å²) in [5, 5.41) is 8.76. The van der Waals surface area contributed by atoms with E-state index in [0.717, 1.165) is 93.9 Å². The molecule has 0 aliphatic carbocycles. The molecule has 0 aromatic carbocycles. The zero-order valence-corrected chi connectivity index (χ0v) is 24.6. The molecule has 0 amide bonds. The van der Waals surface area contributed by atoms with Gasteiger partial charge in [0.05, 0.1) is 0 Å². The fraction of sp³-hybridized carbons (Fsp3) is 0.143. The summed E-state index contributed by atoms with van der Waals surface area (Å²) in [6, 6.07) is 2.31. The van der Waals surface area contributed by atoms with E-state index in [9.17, 15) is 0 Å². The summed E-state index contributed by atoms with van der Waals surface area (Å²) in [4.78, 5) is 4.39. The van der Waals surface area contributed by atoms with Crippen LogP contribution < -0.4 is 2.10 Å². The Balaban J connectivity index is 2.64. The molecule has 0 aliphatic heterocycles. The standard InChI is InChI=1S/C7H5N3.La.Ra.Rb.H/c1-5-2-6-4-9-10-7(6)8-3-5;;;;/h2-3H,1H2,(H,8,9,10);;;;. The molecule has 1 N–H and O–H groups in total. The zero-order chi connectivity index (χ0) is 9.26. The van der Waals surface area contributed by atoms with Crippen molar-refractivity contribution in [3.8, 4) is 0 Å². The van der Waals surface area contributed by atoms with Gasteiger partial charge in [-0.2, -0.15) is 0 Å². The first-order valence-corrected chi connectivity index (χ1v) is 47.9. The second-order valence-electron chi connectivity index (χ2n) is 2.99. The van der Waals surface area contributed by atoms with Crippen molar-refractivity contribution in [2.75, 3.05) is 0 Å². The minimum atomic E-state index is -0.521. The molecule has 55 valence electrons. The van der Waals surface area contributed by atoms with E-state index in [4.69, 9.17) is 0 Å². The van der Waals surface area contributed by atoms with Crippen LogP contribution in [0.5, 0.6) is 0 Å². The third-order valence-electron chi connectivity index (χ3n) is 2.18. The van der Waals surface area contributed by atoms with Crippen molar-refractivity contribution in [3.63, 3.8) is 0 Å². The molecule has 2 heterocycles. The SMILES string of the molecule is [Rb][CH2]c1cnc2[nH]n[c]([La][RaH])c2c1. The fourth-order valence-corrected chi connectivity index (χ4v) is 17.8. The van der Waals surface area contributed by atoms with Gasteiger partial charge in [-0.3, -0.25) is 0 Å². The number of pyridine rings is 1. The van der Waals surface area contributed by atoms with E-state index in [1.165, 1.54) is 12.5 Å². The van der Waals surface area contributed by atoms with Crippen molar-refractivity contribution in [1.82, 2.24) is 15.2 Å². The molecule has 2 aromatic heterocycles. The first-order valence-electron chi connectivity index (χ1n) is 4.47. The molecule has 0 bridgehead atoms. The van der Waals surface area contributed by atoms with E-state index in [1.54, 1.807) is 0 Å². The summed E-state index contributed by atoms with van der Waals surface area (Å²) in [6.07, 6.45) is 2.00. The van der Waals surface area contributed by atoms with Gasteiger partial charge in [0.2, 0.25) is 0 Å². The van der Waals surface area contributed by atoms with Crippen LogP contribution in [0.1, 0.15) is 5.56 Å². The summed E-state index contributed by atoms with van der Waals surface area (Å²) in [5.74, 6) is 0. The van der Waals surface area contributed by atoms with E-state index in [1.807, 2.05) is 6.20 Å². The summed E-state index contributed by atoms with van der Waals surface area (Å²) >= 11 is 0.966. The predicted molar refractivity (Wildman–Crippen MR) is 44.4 cm³/mol. The third-order valence-corrected chi connectivity index (χ3v) is 23.7. The Bertz CT molecular complexity index is 431. The van der Waals surface area contributed by atoms with Crippen LogP contribution in [-0.2, 0) is -0.511 Å². The van der Waals surface area contributed by atoms with Gasteiger partial charge >= 0.3 is 154 Å². The van der Waals surface area contributed by atoms with Gasteiger partial charge < -0.3 is 0 Å². The molecule has 0 saturated heterocycles. The molecule has 0 atom stereocenters. The number of H-pyrrole nitrogens is 1. The quantitative estimate of drug-likeness (QED) is 0.521. The molecule has 0 fully saturated rings. The maximum absolute atomic E-state index is 4.39. The predicted octanol–water partition coefficient (Wildman–Crippen LogP) is -0.467. The van der Waals surface area contributed by atoms with Gasteiger partial charge in [0.15, 0.2) is 0 Å². The van der Waals surface area contributed by atoms with Gasteiger partial charge in [0.25, 0.3) is 0 Å². The van der Waals surface area contributed by atoms with Crippen LogP contribution in [0.3, 0.4) is 0 Å². The number of rotatable bonds is 2. The van der Waals surface area contributed by atoms with Gasteiger partial charge in [-0.25, -0.2) is 0 Å². The summed E-state index contributed by atoms with van der Waals surface area (Å²) < 4.78 is 2.72.